The van der Waals surface area contributed by atoms with Crippen LogP contribution in [0, 0.1) is 6.92 Å². The van der Waals surface area contributed by atoms with E-state index in [-0.39, 0.29) is 6.03 Å². The van der Waals surface area contributed by atoms with Crippen molar-refractivity contribution in [1.29, 1.82) is 0 Å². The topological polar surface area (TPSA) is 148 Å². The average molecular weight is 438 g/mol. The van der Waals surface area contributed by atoms with Gasteiger partial charge in [0.2, 0.25) is 0 Å². The van der Waals surface area contributed by atoms with Crippen LogP contribution in [-0.2, 0) is 4.74 Å². The van der Waals surface area contributed by atoms with Gasteiger partial charge in [-0.05, 0) is 55.2 Å². The molecule has 10 heteroatoms. The quantitative estimate of drug-likeness (QED) is 0.526. The molecule has 2 aromatic rings. The van der Waals surface area contributed by atoms with Crippen LogP contribution in [0.4, 0.5) is 21.1 Å². The minimum atomic E-state index is -0.627. The van der Waals surface area contributed by atoms with E-state index in [1.807, 2.05) is 6.92 Å². The second kappa shape index (κ2) is 10.3. The summed E-state index contributed by atoms with van der Waals surface area (Å²) in [5.41, 5.74) is 15.9. The first-order valence-electron chi connectivity index (χ1n) is 10.1. The molecule has 32 heavy (non-hydrogen) atoms. The minimum absolute atomic E-state index is 0.147. The number of pyridine rings is 2. The van der Waals surface area contributed by atoms with Gasteiger partial charge in [-0.15, -0.1) is 0 Å². The number of rotatable bonds is 5. The Balaban J connectivity index is 1.82. The van der Waals surface area contributed by atoms with Crippen LogP contribution in [0.15, 0.2) is 42.9 Å². The second-order valence-electron chi connectivity index (χ2n) is 7.25. The molecular weight excluding hydrogens is 410 g/mol. The summed E-state index contributed by atoms with van der Waals surface area (Å²) in [6, 6.07) is 5.03. The van der Waals surface area contributed by atoms with Gasteiger partial charge >= 0.3 is 12.1 Å². The number of anilines is 2. The van der Waals surface area contributed by atoms with Crippen molar-refractivity contribution >= 4 is 34.9 Å². The predicted octanol–water partition coefficient (Wildman–Crippen LogP) is 2.89. The Kier molecular flexibility index (Phi) is 7.27. The Labute approximate surface area is 186 Å². The minimum Gasteiger partial charge on any atom is -0.453 e. The molecule has 3 heterocycles. The highest BCUT2D eigenvalue weighted by Gasteiger charge is 2.18. The molecule has 3 rings (SSSR count). The number of aromatic nitrogens is 2. The summed E-state index contributed by atoms with van der Waals surface area (Å²) in [4.78, 5) is 34.1. The standard InChI is InChI=1S/C22H27N7O3/c1-14-18(11-17(13-26-14)27-21(30)29-7-3-4-8-29)19(24)9-16(12-23)15-5-6-25-20(10-15)28-22(31)32-2/h5-6,9-13H,3-4,7-8,23-24H2,1-2H3,(H,27,30)(H,25,28,31)/b16-12+,19-9-. The van der Waals surface area contributed by atoms with Gasteiger partial charge in [-0.25, -0.2) is 14.6 Å². The first-order chi connectivity index (χ1) is 15.4. The summed E-state index contributed by atoms with van der Waals surface area (Å²) in [5, 5.41) is 5.39. The lowest BCUT2D eigenvalue weighted by molar-refractivity contribution is 0.187. The van der Waals surface area contributed by atoms with Crippen LogP contribution >= 0.6 is 0 Å². The zero-order valence-corrected chi connectivity index (χ0v) is 18.1. The molecule has 1 fully saturated rings. The zero-order valence-electron chi connectivity index (χ0n) is 18.1. The number of likely N-dealkylation sites (tertiary alicyclic amines) is 1. The second-order valence-corrected chi connectivity index (χ2v) is 7.25. The summed E-state index contributed by atoms with van der Waals surface area (Å²) >= 11 is 0. The van der Waals surface area contributed by atoms with E-state index in [4.69, 9.17) is 11.5 Å². The average Bonchev–Trinajstić information content (AvgIpc) is 3.34. The summed E-state index contributed by atoms with van der Waals surface area (Å²) in [7, 11) is 1.27. The smallest absolute Gasteiger partial charge is 0.412 e. The Morgan fingerprint density at radius 2 is 1.94 bits per heavy atom. The molecule has 0 saturated carbocycles. The van der Waals surface area contributed by atoms with Crippen LogP contribution in [-0.4, -0.2) is 47.2 Å². The molecule has 10 nitrogen and oxygen atoms in total. The monoisotopic (exact) mass is 437 g/mol. The Morgan fingerprint density at radius 3 is 2.62 bits per heavy atom. The predicted molar refractivity (Wildman–Crippen MR) is 123 cm³/mol. The van der Waals surface area contributed by atoms with Gasteiger partial charge in [-0.3, -0.25) is 10.3 Å². The van der Waals surface area contributed by atoms with E-state index in [1.165, 1.54) is 19.5 Å². The highest BCUT2D eigenvalue weighted by molar-refractivity contribution is 5.91. The number of carbonyl (C=O) groups is 2. The highest BCUT2D eigenvalue weighted by atomic mass is 16.5. The van der Waals surface area contributed by atoms with Crippen molar-refractivity contribution in [2.24, 2.45) is 11.5 Å². The molecule has 3 amide bonds. The molecule has 1 saturated heterocycles. The fraction of sp³-hybridized carbons (Fsp3) is 0.273. The zero-order chi connectivity index (χ0) is 23.1. The van der Waals surface area contributed by atoms with E-state index in [2.05, 4.69) is 25.3 Å². The lowest BCUT2D eigenvalue weighted by Crippen LogP contribution is -2.32. The van der Waals surface area contributed by atoms with Crippen molar-refractivity contribution in [2.75, 3.05) is 30.8 Å². The Hall–Kier alpha value is -4.08. The van der Waals surface area contributed by atoms with Gasteiger partial charge in [0.25, 0.3) is 0 Å². The van der Waals surface area contributed by atoms with E-state index < -0.39 is 6.09 Å². The number of hydrogen-bond donors (Lipinski definition) is 4. The van der Waals surface area contributed by atoms with Crippen LogP contribution in [0.2, 0.25) is 0 Å². The molecule has 1 aliphatic rings. The summed E-state index contributed by atoms with van der Waals surface area (Å²) in [5.74, 6) is 0.310. The molecular formula is C22H27N7O3. The van der Waals surface area contributed by atoms with Gasteiger partial charge in [0.15, 0.2) is 0 Å². The maximum Gasteiger partial charge on any atom is 0.412 e. The number of nitrogens with one attached hydrogen (secondary N) is 2. The third kappa shape index (κ3) is 5.54. The van der Waals surface area contributed by atoms with Crippen LogP contribution in [0.1, 0.15) is 29.7 Å². The van der Waals surface area contributed by atoms with Crippen molar-refractivity contribution in [1.82, 2.24) is 14.9 Å². The molecule has 0 aromatic carbocycles. The van der Waals surface area contributed by atoms with Gasteiger partial charge in [-0.2, -0.15) is 0 Å². The third-order valence-electron chi connectivity index (χ3n) is 5.04. The SMILES string of the molecule is COC(=O)Nc1cc(C(/C=C(\N)c2cc(NC(=O)N3CCCC3)cnc2C)=C/N)ccn1. The van der Waals surface area contributed by atoms with E-state index in [9.17, 15) is 9.59 Å². The van der Waals surface area contributed by atoms with Crippen LogP contribution in [0.5, 0.6) is 0 Å². The van der Waals surface area contributed by atoms with Gasteiger partial charge in [0, 0.05) is 42.4 Å². The van der Waals surface area contributed by atoms with Crippen molar-refractivity contribution in [3.8, 4) is 0 Å². The van der Waals surface area contributed by atoms with Crippen molar-refractivity contribution in [3.63, 3.8) is 0 Å². The molecule has 0 aliphatic carbocycles. The molecule has 0 unspecified atom stereocenters. The van der Waals surface area contributed by atoms with Crippen LogP contribution in [0.3, 0.4) is 0 Å². The highest BCUT2D eigenvalue weighted by Crippen LogP contribution is 2.24. The maximum atomic E-state index is 12.4. The molecule has 0 atom stereocenters. The number of aryl methyl sites for hydroxylation is 1. The van der Waals surface area contributed by atoms with Gasteiger partial charge in [-0.1, -0.05) is 0 Å². The molecule has 0 bridgehead atoms. The van der Waals surface area contributed by atoms with Crippen LogP contribution in [0.25, 0.3) is 11.3 Å². The molecule has 0 spiro atoms. The van der Waals surface area contributed by atoms with Crippen LogP contribution < -0.4 is 22.1 Å². The largest absolute Gasteiger partial charge is 0.453 e. The Bertz CT molecular complexity index is 1060. The van der Waals surface area contributed by atoms with E-state index in [0.717, 1.165) is 25.9 Å². The molecule has 168 valence electrons. The lowest BCUT2D eigenvalue weighted by Gasteiger charge is -2.17. The number of carbonyl (C=O) groups excluding carboxylic acids is 2. The summed E-state index contributed by atoms with van der Waals surface area (Å²) in [6.07, 6.45) is 7.65. The van der Waals surface area contributed by atoms with E-state index in [1.54, 1.807) is 35.4 Å². The fourth-order valence-corrected chi connectivity index (χ4v) is 3.32. The number of nitrogens with two attached hydrogens (primary N) is 2. The number of hydrogen-bond acceptors (Lipinski definition) is 7. The first kappa shape index (κ1) is 22.6. The lowest BCUT2D eigenvalue weighted by atomic mass is 10.0. The molecule has 2 aromatic heterocycles. The number of urea groups is 1. The number of amides is 3. The summed E-state index contributed by atoms with van der Waals surface area (Å²) < 4.78 is 4.59. The molecule has 6 N–H and O–H groups in total. The molecule has 0 radical (unpaired) electrons. The number of nitrogens with zero attached hydrogens (tertiary/aromatic N) is 3. The van der Waals surface area contributed by atoms with Gasteiger partial charge in [0.05, 0.1) is 19.0 Å². The maximum absolute atomic E-state index is 12.4. The van der Waals surface area contributed by atoms with Gasteiger partial charge in [0.1, 0.15) is 5.82 Å². The van der Waals surface area contributed by atoms with Crippen molar-refractivity contribution in [2.45, 2.75) is 19.8 Å². The van der Waals surface area contributed by atoms with Crippen molar-refractivity contribution < 1.29 is 14.3 Å². The van der Waals surface area contributed by atoms with Gasteiger partial charge < -0.3 is 26.4 Å². The summed E-state index contributed by atoms with van der Waals surface area (Å²) in [6.45, 7) is 3.34. The van der Waals surface area contributed by atoms with E-state index >= 15 is 0 Å². The normalized spacial score (nSPS) is 14.2. The van der Waals surface area contributed by atoms with E-state index in [0.29, 0.717) is 39.6 Å². The third-order valence-corrected chi connectivity index (χ3v) is 5.04. The number of methoxy groups -OCH3 is 1. The Morgan fingerprint density at radius 1 is 1.19 bits per heavy atom. The molecule has 1 aliphatic heterocycles. The van der Waals surface area contributed by atoms with Crippen molar-refractivity contribution in [3.05, 3.63) is 59.7 Å². The fourth-order valence-electron chi connectivity index (χ4n) is 3.32. The number of ether oxygens (including phenoxy) is 1. The first-order valence-corrected chi connectivity index (χ1v) is 10.1. The number of allylic oxidation sites excluding steroid dienone is 2.